The lowest BCUT2D eigenvalue weighted by Gasteiger charge is -2.20. The number of rotatable bonds is 6. The average molecular weight is 315 g/mol. The number of halogens is 2. The molecule has 1 aromatic carbocycles. The summed E-state index contributed by atoms with van der Waals surface area (Å²) in [5.74, 6) is -2.01. The molecular weight excluding hydrogens is 296 g/mol. The number of ether oxygens (including phenoxy) is 1. The first-order valence-electron chi connectivity index (χ1n) is 6.67. The number of aryl methyl sites for hydroxylation is 2. The summed E-state index contributed by atoms with van der Waals surface area (Å²) in [4.78, 5) is 24.4. The number of carboxylic acids is 1. The molecule has 0 fully saturated rings. The van der Waals surface area contributed by atoms with Gasteiger partial charge in [-0.05, 0) is 37.1 Å². The van der Waals surface area contributed by atoms with Crippen LogP contribution in [0.3, 0.4) is 0 Å². The van der Waals surface area contributed by atoms with Crippen LogP contribution in [0.15, 0.2) is 12.1 Å². The van der Waals surface area contributed by atoms with Crippen molar-refractivity contribution in [3.8, 4) is 5.75 Å². The van der Waals surface area contributed by atoms with E-state index in [1.165, 1.54) is 31.0 Å². The fourth-order valence-corrected chi connectivity index (χ4v) is 2.14. The summed E-state index contributed by atoms with van der Waals surface area (Å²) in [6, 6.07) is 2.91. The summed E-state index contributed by atoms with van der Waals surface area (Å²) in [7, 11) is 1.50. The number of amides is 1. The number of hydrogen-bond donors (Lipinski definition) is 1. The van der Waals surface area contributed by atoms with Crippen molar-refractivity contribution >= 4 is 11.9 Å². The molecule has 0 aliphatic carbocycles. The molecule has 1 rings (SSSR count). The maximum Gasteiger partial charge on any atom is 0.387 e. The van der Waals surface area contributed by atoms with Gasteiger partial charge >= 0.3 is 12.6 Å². The number of nitrogens with zero attached hydrogens (tertiary/aromatic N) is 1. The van der Waals surface area contributed by atoms with E-state index in [1.807, 2.05) is 0 Å². The number of aliphatic carboxylic acids is 1. The predicted octanol–water partition coefficient (Wildman–Crippen LogP) is 2.70. The summed E-state index contributed by atoms with van der Waals surface area (Å²) in [5.41, 5.74) is 1.14. The highest BCUT2D eigenvalue weighted by molar-refractivity contribution is 5.95. The Bertz CT molecular complexity index is 552. The second-order valence-electron chi connectivity index (χ2n) is 5.24. The minimum atomic E-state index is -2.93. The number of benzene rings is 1. The van der Waals surface area contributed by atoms with E-state index >= 15 is 0 Å². The zero-order chi connectivity index (χ0) is 17.0. The Labute approximate surface area is 127 Å². The Hall–Kier alpha value is -2.18. The molecule has 0 heterocycles. The lowest BCUT2D eigenvalue weighted by molar-refractivity contribution is -0.141. The van der Waals surface area contributed by atoms with Crippen LogP contribution in [0.25, 0.3) is 0 Å². The molecule has 0 spiro atoms. The topological polar surface area (TPSA) is 66.8 Å². The van der Waals surface area contributed by atoms with Gasteiger partial charge in [0, 0.05) is 19.2 Å². The normalized spacial score (nSPS) is 12.1. The minimum Gasteiger partial charge on any atom is -0.481 e. The van der Waals surface area contributed by atoms with Crippen LogP contribution in [-0.2, 0) is 4.79 Å². The van der Waals surface area contributed by atoms with E-state index in [4.69, 9.17) is 5.11 Å². The molecule has 0 aromatic heterocycles. The molecule has 1 N–H and O–H groups in total. The minimum absolute atomic E-state index is 0.0492. The zero-order valence-corrected chi connectivity index (χ0v) is 12.9. The fourth-order valence-electron chi connectivity index (χ4n) is 2.14. The van der Waals surface area contributed by atoms with Gasteiger partial charge in [0.05, 0.1) is 5.92 Å². The smallest absolute Gasteiger partial charge is 0.387 e. The Kier molecular flexibility index (Phi) is 5.84. The third kappa shape index (κ3) is 4.41. The Morgan fingerprint density at radius 3 is 2.18 bits per heavy atom. The van der Waals surface area contributed by atoms with E-state index in [0.29, 0.717) is 16.7 Å². The number of hydrogen-bond acceptors (Lipinski definition) is 3. The van der Waals surface area contributed by atoms with Crippen molar-refractivity contribution in [1.29, 1.82) is 0 Å². The average Bonchev–Trinajstić information content (AvgIpc) is 2.41. The van der Waals surface area contributed by atoms with Gasteiger partial charge in [-0.2, -0.15) is 8.78 Å². The van der Waals surface area contributed by atoms with Crippen LogP contribution in [0.5, 0.6) is 5.75 Å². The Morgan fingerprint density at radius 2 is 1.77 bits per heavy atom. The van der Waals surface area contributed by atoms with Crippen molar-refractivity contribution in [2.75, 3.05) is 13.6 Å². The quantitative estimate of drug-likeness (QED) is 0.876. The van der Waals surface area contributed by atoms with Crippen LogP contribution in [0, 0.1) is 19.8 Å². The molecule has 22 heavy (non-hydrogen) atoms. The molecular formula is C15H19F2NO4. The van der Waals surface area contributed by atoms with Crippen molar-refractivity contribution in [3.63, 3.8) is 0 Å². The van der Waals surface area contributed by atoms with Crippen LogP contribution in [0.1, 0.15) is 28.4 Å². The van der Waals surface area contributed by atoms with E-state index in [1.54, 1.807) is 13.8 Å². The third-order valence-electron chi connectivity index (χ3n) is 3.23. The first-order chi connectivity index (χ1) is 10.1. The largest absolute Gasteiger partial charge is 0.481 e. The Balaban J connectivity index is 2.97. The van der Waals surface area contributed by atoms with Gasteiger partial charge in [-0.3, -0.25) is 9.59 Å². The molecule has 0 aliphatic heterocycles. The number of alkyl halides is 2. The second-order valence-corrected chi connectivity index (χ2v) is 5.24. The van der Waals surface area contributed by atoms with E-state index in [-0.39, 0.29) is 18.2 Å². The monoisotopic (exact) mass is 315 g/mol. The van der Waals surface area contributed by atoms with E-state index in [0.717, 1.165) is 0 Å². The first kappa shape index (κ1) is 17.9. The standard InChI is InChI=1S/C15H19F2NO4/c1-8-5-11(6-9(2)12(8)22-15(16)17)13(19)18(4)7-10(3)14(20)21/h5-6,10,15H,7H2,1-4H3,(H,20,21). The van der Waals surface area contributed by atoms with Gasteiger partial charge in [0.2, 0.25) is 0 Å². The number of carboxylic acid groups (broad SMARTS) is 1. The Morgan fingerprint density at radius 1 is 1.27 bits per heavy atom. The maximum atomic E-state index is 12.3. The van der Waals surface area contributed by atoms with Crippen molar-refractivity contribution in [2.24, 2.45) is 5.92 Å². The lowest BCUT2D eigenvalue weighted by atomic mass is 10.0. The molecule has 1 atom stereocenters. The fraction of sp³-hybridized carbons (Fsp3) is 0.467. The molecule has 5 nitrogen and oxygen atoms in total. The van der Waals surface area contributed by atoms with Gasteiger partial charge in [-0.1, -0.05) is 6.92 Å². The van der Waals surface area contributed by atoms with Gasteiger partial charge in [-0.25, -0.2) is 0 Å². The molecule has 7 heteroatoms. The van der Waals surface area contributed by atoms with Crippen molar-refractivity contribution in [1.82, 2.24) is 4.90 Å². The van der Waals surface area contributed by atoms with Crippen molar-refractivity contribution in [2.45, 2.75) is 27.4 Å². The van der Waals surface area contributed by atoms with Gasteiger partial charge in [0.1, 0.15) is 5.75 Å². The van der Waals surface area contributed by atoms with Crippen LogP contribution in [0.2, 0.25) is 0 Å². The van der Waals surface area contributed by atoms with Gasteiger partial charge < -0.3 is 14.7 Å². The van der Waals surface area contributed by atoms with Gasteiger partial charge in [0.25, 0.3) is 5.91 Å². The van der Waals surface area contributed by atoms with Gasteiger partial charge in [0.15, 0.2) is 0 Å². The van der Waals surface area contributed by atoms with Crippen LogP contribution >= 0.6 is 0 Å². The molecule has 0 bridgehead atoms. The summed E-state index contributed by atoms with van der Waals surface area (Å²) < 4.78 is 29.1. The zero-order valence-electron chi connectivity index (χ0n) is 12.9. The summed E-state index contributed by atoms with van der Waals surface area (Å²) >= 11 is 0. The van der Waals surface area contributed by atoms with Crippen molar-refractivity contribution < 1.29 is 28.2 Å². The molecule has 0 aliphatic rings. The second kappa shape index (κ2) is 7.20. The molecule has 0 saturated carbocycles. The first-order valence-corrected chi connectivity index (χ1v) is 6.67. The highest BCUT2D eigenvalue weighted by Gasteiger charge is 2.20. The van der Waals surface area contributed by atoms with E-state index in [9.17, 15) is 18.4 Å². The van der Waals surface area contributed by atoms with Gasteiger partial charge in [-0.15, -0.1) is 0 Å². The molecule has 122 valence electrons. The van der Waals surface area contributed by atoms with E-state index in [2.05, 4.69) is 4.74 Å². The predicted molar refractivity (Wildman–Crippen MR) is 76.3 cm³/mol. The number of carbonyl (C=O) groups excluding carboxylic acids is 1. The summed E-state index contributed by atoms with van der Waals surface area (Å²) in [6.07, 6.45) is 0. The summed E-state index contributed by atoms with van der Waals surface area (Å²) in [6.45, 7) is 1.77. The third-order valence-corrected chi connectivity index (χ3v) is 3.23. The maximum absolute atomic E-state index is 12.3. The van der Waals surface area contributed by atoms with E-state index < -0.39 is 18.5 Å². The highest BCUT2D eigenvalue weighted by Crippen LogP contribution is 2.27. The highest BCUT2D eigenvalue weighted by atomic mass is 19.3. The molecule has 1 aromatic rings. The molecule has 1 unspecified atom stereocenters. The molecule has 1 amide bonds. The summed E-state index contributed by atoms with van der Waals surface area (Å²) in [5, 5.41) is 8.87. The van der Waals surface area contributed by atoms with Crippen molar-refractivity contribution in [3.05, 3.63) is 28.8 Å². The lowest BCUT2D eigenvalue weighted by Crippen LogP contribution is -2.33. The molecule has 0 radical (unpaired) electrons. The number of carbonyl (C=O) groups is 2. The van der Waals surface area contributed by atoms with Crippen LogP contribution < -0.4 is 4.74 Å². The SMILES string of the molecule is Cc1cc(C(=O)N(C)CC(C)C(=O)O)cc(C)c1OC(F)F. The molecule has 0 saturated heterocycles. The van der Waals surface area contributed by atoms with Crippen LogP contribution in [0.4, 0.5) is 8.78 Å². The van der Waals surface area contributed by atoms with Crippen LogP contribution in [-0.4, -0.2) is 42.1 Å².